The zero-order valence-corrected chi connectivity index (χ0v) is 13.1. The van der Waals surface area contributed by atoms with Gasteiger partial charge in [-0.2, -0.15) is 0 Å². The Balaban J connectivity index is 2.11. The van der Waals surface area contributed by atoms with Crippen molar-refractivity contribution in [3.63, 3.8) is 0 Å². The van der Waals surface area contributed by atoms with E-state index in [1.165, 1.54) is 18.9 Å². The van der Waals surface area contributed by atoms with E-state index < -0.39 is 0 Å². The molecule has 0 atom stereocenters. The number of carbonyl (C=O) groups is 1. The van der Waals surface area contributed by atoms with Crippen LogP contribution in [0, 0.1) is 0 Å². The van der Waals surface area contributed by atoms with Gasteiger partial charge in [0.2, 0.25) is 0 Å². The maximum absolute atomic E-state index is 11.4. The van der Waals surface area contributed by atoms with E-state index in [0.29, 0.717) is 22.2 Å². The first-order valence-electron chi connectivity index (χ1n) is 5.68. The molecule has 2 aromatic rings. The van der Waals surface area contributed by atoms with Crippen LogP contribution >= 0.6 is 27.7 Å². The van der Waals surface area contributed by atoms with E-state index in [1.807, 2.05) is 6.07 Å². The molecule has 0 amide bonds. The number of carbonyl (C=O) groups excluding carboxylic acids is 1. The number of thioether (sulfide) groups is 1. The molecule has 0 aliphatic carbocycles. The molecule has 0 fully saturated rings. The molecular formula is C13H12BrN3O2S. The van der Waals surface area contributed by atoms with Crippen molar-refractivity contribution in [3.8, 4) is 0 Å². The van der Waals surface area contributed by atoms with Gasteiger partial charge in [-0.1, -0.05) is 33.8 Å². The number of rotatable bonds is 4. The number of ether oxygens (including phenoxy) is 1. The Morgan fingerprint density at radius 3 is 2.80 bits per heavy atom. The average molecular weight is 354 g/mol. The zero-order chi connectivity index (χ0) is 14.5. The smallest absolute Gasteiger partial charge is 0.337 e. The molecule has 20 heavy (non-hydrogen) atoms. The summed E-state index contributed by atoms with van der Waals surface area (Å²) in [5, 5.41) is 0.691. The van der Waals surface area contributed by atoms with Crippen molar-refractivity contribution in [1.29, 1.82) is 0 Å². The molecule has 1 heterocycles. The number of halogens is 1. The van der Waals surface area contributed by atoms with E-state index in [2.05, 4.69) is 30.6 Å². The van der Waals surface area contributed by atoms with Crippen LogP contribution in [-0.2, 0) is 10.5 Å². The van der Waals surface area contributed by atoms with Gasteiger partial charge in [-0.25, -0.2) is 14.8 Å². The van der Waals surface area contributed by atoms with Gasteiger partial charge < -0.3 is 10.5 Å². The van der Waals surface area contributed by atoms with Crippen LogP contribution in [0.2, 0.25) is 0 Å². The van der Waals surface area contributed by atoms with E-state index in [1.54, 1.807) is 24.5 Å². The minimum Gasteiger partial charge on any atom is -0.465 e. The molecular weight excluding hydrogens is 342 g/mol. The number of nitrogen functional groups attached to an aromatic ring is 1. The molecule has 0 spiro atoms. The van der Waals surface area contributed by atoms with Crippen molar-refractivity contribution in [2.75, 3.05) is 12.8 Å². The first-order chi connectivity index (χ1) is 9.61. The van der Waals surface area contributed by atoms with Crippen molar-refractivity contribution in [1.82, 2.24) is 9.97 Å². The monoisotopic (exact) mass is 353 g/mol. The summed E-state index contributed by atoms with van der Waals surface area (Å²) in [5.41, 5.74) is 7.28. The van der Waals surface area contributed by atoms with Gasteiger partial charge in [0.1, 0.15) is 5.03 Å². The van der Waals surface area contributed by atoms with E-state index in [4.69, 9.17) is 5.73 Å². The molecule has 104 valence electrons. The predicted octanol–water partition coefficient (Wildman–Crippen LogP) is 2.90. The fourth-order valence-electron chi connectivity index (χ4n) is 1.50. The zero-order valence-electron chi connectivity index (χ0n) is 10.7. The quantitative estimate of drug-likeness (QED) is 0.672. The first kappa shape index (κ1) is 14.8. The summed E-state index contributed by atoms with van der Waals surface area (Å²) in [6, 6.07) is 5.34. The van der Waals surface area contributed by atoms with E-state index in [-0.39, 0.29) is 5.97 Å². The highest BCUT2D eigenvalue weighted by Crippen LogP contribution is 2.28. The summed E-state index contributed by atoms with van der Waals surface area (Å²) in [4.78, 5) is 19.6. The first-order valence-corrected chi connectivity index (χ1v) is 7.45. The highest BCUT2D eigenvalue weighted by Gasteiger charge is 2.10. The van der Waals surface area contributed by atoms with Crippen LogP contribution in [0.3, 0.4) is 0 Å². The van der Waals surface area contributed by atoms with Crippen molar-refractivity contribution in [2.24, 2.45) is 0 Å². The van der Waals surface area contributed by atoms with Crippen LogP contribution in [0.5, 0.6) is 0 Å². The second-order valence-corrected chi connectivity index (χ2v) is 5.65. The Bertz CT molecular complexity index is 637. The number of hydrogen-bond donors (Lipinski definition) is 1. The molecule has 0 aliphatic heterocycles. The molecule has 2 rings (SSSR count). The number of nitrogens with two attached hydrogens (primary N) is 1. The third kappa shape index (κ3) is 3.49. The SMILES string of the molecule is COC(=O)c1ccc(CSc2nccnc2N)c(Br)c1. The minimum absolute atomic E-state index is 0.358. The van der Waals surface area contributed by atoms with Crippen molar-refractivity contribution in [3.05, 3.63) is 46.2 Å². The highest BCUT2D eigenvalue weighted by molar-refractivity contribution is 9.10. The third-order valence-electron chi connectivity index (χ3n) is 2.53. The van der Waals surface area contributed by atoms with E-state index in [0.717, 1.165) is 10.0 Å². The van der Waals surface area contributed by atoms with Crippen molar-refractivity contribution >= 4 is 39.5 Å². The Labute approximate surface area is 129 Å². The summed E-state index contributed by atoms with van der Waals surface area (Å²) in [5.74, 6) is 0.730. The molecule has 0 bridgehead atoms. The summed E-state index contributed by atoms with van der Waals surface area (Å²) in [6.07, 6.45) is 3.16. The number of nitrogens with zero attached hydrogens (tertiary/aromatic N) is 2. The van der Waals surface area contributed by atoms with Gasteiger partial charge in [0.05, 0.1) is 12.7 Å². The Hall–Kier alpha value is -1.60. The van der Waals surface area contributed by atoms with Gasteiger partial charge in [0.25, 0.3) is 0 Å². The van der Waals surface area contributed by atoms with Crippen LogP contribution < -0.4 is 5.73 Å². The Kier molecular flexibility index (Phi) is 4.97. The van der Waals surface area contributed by atoms with E-state index in [9.17, 15) is 4.79 Å². The number of benzene rings is 1. The van der Waals surface area contributed by atoms with Crippen LogP contribution in [-0.4, -0.2) is 23.0 Å². The number of esters is 1. The molecule has 0 unspecified atom stereocenters. The summed E-state index contributed by atoms with van der Waals surface area (Å²) >= 11 is 4.94. The molecule has 0 radical (unpaired) electrons. The Morgan fingerprint density at radius 2 is 2.15 bits per heavy atom. The lowest BCUT2D eigenvalue weighted by atomic mass is 10.1. The lowest BCUT2D eigenvalue weighted by Gasteiger charge is -2.07. The maximum atomic E-state index is 11.4. The predicted molar refractivity (Wildman–Crippen MR) is 81.5 cm³/mol. The molecule has 5 nitrogen and oxygen atoms in total. The summed E-state index contributed by atoms with van der Waals surface area (Å²) in [7, 11) is 1.36. The number of methoxy groups -OCH3 is 1. The standard InChI is InChI=1S/C13H12BrN3O2S/c1-19-13(18)8-2-3-9(10(14)6-8)7-20-12-11(15)16-4-5-17-12/h2-6H,7H2,1H3,(H2,15,16). The molecule has 0 aliphatic rings. The molecule has 0 saturated carbocycles. The summed E-state index contributed by atoms with van der Waals surface area (Å²) < 4.78 is 5.52. The molecule has 0 saturated heterocycles. The lowest BCUT2D eigenvalue weighted by molar-refractivity contribution is 0.0600. The molecule has 7 heteroatoms. The van der Waals surface area contributed by atoms with Crippen molar-refractivity contribution in [2.45, 2.75) is 10.8 Å². The number of hydrogen-bond acceptors (Lipinski definition) is 6. The average Bonchev–Trinajstić information content (AvgIpc) is 2.46. The van der Waals surface area contributed by atoms with Gasteiger partial charge in [0.15, 0.2) is 5.82 Å². The largest absolute Gasteiger partial charge is 0.465 e. The molecule has 1 aromatic carbocycles. The van der Waals surface area contributed by atoms with Gasteiger partial charge in [-0.15, -0.1) is 0 Å². The van der Waals surface area contributed by atoms with Crippen LogP contribution in [0.4, 0.5) is 5.82 Å². The number of anilines is 1. The normalized spacial score (nSPS) is 10.3. The van der Waals surface area contributed by atoms with Gasteiger partial charge in [-0.05, 0) is 17.7 Å². The van der Waals surface area contributed by atoms with Gasteiger partial charge in [0, 0.05) is 22.6 Å². The highest BCUT2D eigenvalue weighted by atomic mass is 79.9. The topological polar surface area (TPSA) is 78.1 Å². The fraction of sp³-hybridized carbons (Fsp3) is 0.154. The lowest BCUT2D eigenvalue weighted by Crippen LogP contribution is -2.01. The molecule has 2 N–H and O–H groups in total. The van der Waals surface area contributed by atoms with Gasteiger partial charge in [-0.3, -0.25) is 0 Å². The van der Waals surface area contributed by atoms with Crippen molar-refractivity contribution < 1.29 is 9.53 Å². The third-order valence-corrected chi connectivity index (χ3v) is 4.31. The van der Waals surface area contributed by atoms with E-state index >= 15 is 0 Å². The van der Waals surface area contributed by atoms with Gasteiger partial charge >= 0.3 is 5.97 Å². The van der Waals surface area contributed by atoms with Crippen LogP contribution in [0.1, 0.15) is 15.9 Å². The van der Waals surface area contributed by atoms with Crippen LogP contribution in [0.25, 0.3) is 0 Å². The van der Waals surface area contributed by atoms with Crippen LogP contribution in [0.15, 0.2) is 40.1 Å². The Morgan fingerprint density at radius 1 is 1.40 bits per heavy atom. The second-order valence-electron chi connectivity index (χ2n) is 3.83. The summed E-state index contributed by atoms with van der Waals surface area (Å²) in [6.45, 7) is 0. The second kappa shape index (κ2) is 6.71. The fourth-order valence-corrected chi connectivity index (χ4v) is 3.09. The minimum atomic E-state index is -0.358. The maximum Gasteiger partial charge on any atom is 0.337 e. The molecule has 1 aromatic heterocycles. The number of aromatic nitrogens is 2.